The molecule has 2 aromatic rings. The summed E-state index contributed by atoms with van der Waals surface area (Å²) in [6.07, 6.45) is 1.20. The maximum atomic E-state index is 6.10. The summed E-state index contributed by atoms with van der Waals surface area (Å²) in [5.74, 6) is 1.90. The average Bonchev–Trinajstić information content (AvgIpc) is 2.90. The predicted octanol–water partition coefficient (Wildman–Crippen LogP) is 2.89. The Hall–Kier alpha value is -2.00. The van der Waals surface area contributed by atoms with Crippen LogP contribution in [0.4, 0.5) is 0 Å². The third-order valence-corrected chi connectivity index (χ3v) is 3.66. The molecule has 0 saturated carbocycles. The van der Waals surface area contributed by atoms with Crippen molar-refractivity contribution in [1.82, 2.24) is 5.32 Å². The van der Waals surface area contributed by atoms with E-state index in [1.807, 2.05) is 19.2 Å². The van der Waals surface area contributed by atoms with Gasteiger partial charge in [0, 0.05) is 18.5 Å². The van der Waals surface area contributed by atoms with Crippen LogP contribution in [0.3, 0.4) is 0 Å². The second-order valence-electron chi connectivity index (χ2n) is 5.02. The molecule has 1 N–H and O–H groups in total. The number of methoxy groups -OCH3 is 1. The van der Waals surface area contributed by atoms with E-state index < -0.39 is 0 Å². The molecule has 1 aliphatic heterocycles. The highest BCUT2D eigenvalue weighted by Crippen LogP contribution is 2.38. The molecule has 0 bridgehead atoms. The molecule has 0 saturated heterocycles. The normalized spacial score (nSPS) is 16.6. The minimum Gasteiger partial charge on any atom is -0.497 e. The topological polar surface area (TPSA) is 30.5 Å². The Morgan fingerprint density at radius 3 is 2.70 bits per heavy atom. The van der Waals surface area contributed by atoms with Gasteiger partial charge in [-0.3, -0.25) is 0 Å². The van der Waals surface area contributed by atoms with Gasteiger partial charge in [-0.2, -0.15) is 0 Å². The summed E-state index contributed by atoms with van der Waals surface area (Å²) in [6.45, 7) is 0.872. The minimum absolute atomic E-state index is 0.231. The summed E-state index contributed by atoms with van der Waals surface area (Å²) in [4.78, 5) is 0. The third kappa shape index (κ3) is 2.37. The number of hydrogen-bond donors (Lipinski definition) is 1. The van der Waals surface area contributed by atoms with Crippen molar-refractivity contribution >= 4 is 0 Å². The summed E-state index contributed by atoms with van der Waals surface area (Å²) >= 11 is 0. The van der Waals surface area contributed by atoms with Crippen LogP contribution in [0.5, 0.6) is 11.5 Å². The van der Waals surface area contributed by atoms with E-state index in [1.165, 1.54) is 5.56 Å². The first-order chi connectivity index (χ1) is 9.81. The second-order valence-corrected chi connectivity index (χ2v) is 5.02. The SMILES string of the molecule is CNC[C@@H]1Cc2cccc(-c3ccc(OC)cc3)c2O1. The van der Waals surface area contributed by atoms with E-state index in [2.05, 4.69) is 35.6 Å². The van der Waals surface area contributed by atoms with Crippen molar-refractivity contribution in [3.63, 3.8) is 0 Å². The fourth-order valence-electron chi connectivity index (χ4n) is 2.68. The number of hydrogen-bond acceptors (Lipinski definition) is 3. The van der Waals surface area contributed by atoms with Crippen LogP contribution in [-0.2, 0) is 6.42 Å². The van der Waals surface area contributed by atoms with Gasteiger partial charge in [0.05, 0.1) is 7.11 Å². The van der Waals surface area contributed by atoms with E-state index in [-0.39, 0.29) is 6.10 Å². The lowest BCUT2D eigenvalue weighted by molar-refractivity contribution is 0.232. The maximum Gasteiger partial charge on any atom is 0.130 e. The van der Waals surface area contributed by atoms with E-state index in [0.717, 1.165) is 35.6 Å². The van der Waals surface area contributed by atoms with Crippen molar-refractivity contribution in [3.8, 4) is 22.6 Å². The number of para-hydroxylation sites is 1. The van der Waals surface area contributed by atoms with Gasteiger partial charge in [-0.25, -0.2) is 0 Å². The highest BCUT2D eigenvalue weighted by molar-refractivity contribution is 5.73. The molecule has 0 amide bonds. The lowest BCUT2D eigenvalue weighted by Crippen LogP contribution is -2.27. The summed E-state index contributed by atoms with van der Waals surface area (Å²) in [5.41, 5.74) is 3.61. The third-order valence-electron chi connectivity index (χ3n) is 3.66. The van der Waals surface area contributed by atoms with Gasteiger partial charge in [0.25, 0.3) is 0 Å². The van der Waals surface area contributed by atoms with Gasteiger partial charge in [-0.05, 0) is 30.3 Å². The molecule has 3 rings (SSSR count). The first-order valence-corrected chi connectivity index (χ1v) is 6.89. The van der Waals surface area contributed by atoms with Gasteiger partial charge in [0.15, 0.2) is 0 Å². The van der Waals surface area contributed by atoms with E-state index in [0.29, 0.717) is 0 Å². The van der Waals surface area contributed by atoms with Crippen molar-refractivity contribution < 1.29 is 9.47 Å². The zero-order valence-corrected chi connectivity index (χ0v) is 11.8. The van der Waals surface area contributed by atoms with Crippen LogP contribution in [0.1, 0.15) is 5.56 Å². The Bertz CT molecular complexity index is 592. The molecular formula is C17H19NO2. The Morgan fingerprint density at radius 2 is 2.00 bits per heavy atom. The van der Waals surface area contributed by atoms with Crippen LogP contribution in [0.2, 0.25) is 0 Å². The molecule has 1 heterocycles. The average molecular weight is 269 g/mol. The van der Waals surface area contributed by atoms with Crippen molar-refractivity contribution in [2.45, 2.75) is 12.5 Å². The highest BCUT2D eigenvalue weighted by atomic mass is 16.5. The molecule has 3 heteroatoms. The van der Waals surface area contributed by atoms with E-state index >= 15 is 0 Å². The Kier molecular flexibility index (Phi) is 3.61. The Balaban J connectivity index is 1.94. The van der Waals surface area contributed by atoms with Crippen molar-refractivity contribution in [3.05, 3.63) is 48.0 Å². The first kappa shape index (κ1) is 13.0. The second kappa shape index (κ2) is 5.55. The minimum atomic E-state index is 0.231. The Labute approximate surface area is 119 Å². The highest BCUT2D eigenvalue weighted by Gasteiger charge is 2.24. The van der Waals surface area contributed by atoms with Gasteiger partial charge in [0.1, 0.15) is 17.6 Å². The lowest BCUT2D eigenvalue weighted by atomic mass is 10.0. The molecule has 0 spiro atoms. The van der Waals surface area contributed by atoms with E-state index in [4.69, 9.17) is 9.47 Å². The van der Waals surface area contributed by atoms with Crippen LogP contribution in [0, 0.1) is 0 Å². The molecule has 2 aromatic carbocycles. The zero-order valence-electron chi connectivity index (χ0n) is 11.8. The smallest absolute Gasteiger partial charge is 0.130 e. The molecule has 0 unspecified atom stereocenters. The van der Waals surface area contributed by atoms with Crippen LogP contribution in [0.25, 0.3) is 11.1 Å². The van der Waals surface area contributed by atoms with Gasteiger partial charge in [-0.15, -0.1) is 0 Å². The number of rotatable bonds is 4. The summed E-state index contributed by atoms with van der Waals surface area (Å²) < 4.78 is 11.3. The van der Waals surface area contributed by atoms with E-state index in [1.54, 1.807) is 7.11 Å². The largest absolute Gasteiger partial charge is 0.497 e. The van der Waals surface area contributed by atoms with E-state index in [9.17, 15) is 0 Å². The fraction of sp³-hybridized carbons (Fsp3) is 0.294. The Morgan fingerprint density at radius 1 is 1.20 bits per heavy atom. The molecule has 0 radical (unpaired) electrons. The number of nitrogens with one attached hydrogen (secondary N) is 1. The maximum absolute atomic E-state index is 6.10. The molecule has 0 fully saturated rings. The molecule has 104 valence electrons. The van der Waals surface area contributed by atoms with Gasteiger partial charge < -0.3 is 14.8 Å². The number of fused-ring (bicyclic) bond motifs is 1. The summed E-state index contributed by atoms with van der Waals surface area (Å²) in [6, 6.07) is 14.5. The molecule has 20 heavy (non-hydrogen) atoms. The molecule has 1 aliphatic rings. The van der Waals surface area contributed by atoms with Crippen LogP contribution in [0.15, 0.2) is 42.5 Å². The zero-order chi connectivity index (χ0) is 13.9. The summed E-state index contributed by atoms with van der Waals surface area (Å²) in [5, 5.41) is 3.18. The van der Waals surface area contributed by atoms with Crippen LogP contribution < -0.4 is 14.8 Å². The number of benzene rings is 2. The van der Waals surface area contributed by atoms with Crippen molar-refractivity contribution in [2.24, 2.45) is 0 Å². The monoisotopic (exact) mass is 269 g/mol. The molecule has 1 atom stereocenters. The number of ether oxygens (including phenoxy) is 2. The molecule has 0 aliphatic carbocycles. The molecular weight excluding hydrogens is 250 g/mol. The van der Waals surface area contributed by atoms with Crippen LogP contribution >= 0.6 is 0 Å². The van der Waals surface area contributed by atoms with Gasteiger partial charge >= 0.3 is 0 Å². The van der Waals surface area contributed by atoms with Crippen molar-refractivity contribution in [1.29, 1.82) is 0 Å². The van der Waals surface area contributed by atoms with Crippen molar-refractivity contribution in [2.75, 3.05) is 20.7 Å². The quantitative estimate of drug-likeness (QED) is 0.925. The number of likely N-dealkylation sites (N-methyl/N-ethyl adjacent to an activating group) is 1. The first-order valence-electron chi connectivity index (χ1n) is 6.89. The van der Waals surface area contributed by atoms with Gasteiger partial charge in [-0.1, -0.05) is 30.3 Å². The predicted molar refractivity (Wildman–Crippen MR) is 80.5 cm³/mol. The molecule has 0 aromatic heterocycles. The lowest BCUT2D eigenvalue weighted by Gasteiger charge is -2.12. The molecule has 3 nitrogen and oxygen atoms in total. The standard InChI is InChI=1S/C17H19NO2/c1-18-11-15-10-13-4-3-5-16(17(13)20-15)12-6-8-14(19-2)9-7-12/h3-9,15,18H,10-11H2,1-2H3/t15-/m0/s1. The fourth-order valence-corrected chi connectivity index (χ4v) is 2.68. The summed E-state index contributed by atoms with van der Waals surface area (Å²) in [7, 11) is 3.64. The van der Waals surface area contributed by atoms with Crippen LogP contribution in [-0.4, -0.2) is 26.8 Å². The van der Waals surface area contributed by atoms with Gasteiger partial charge in [0.2, 0.25) is 0 Å².